The normalized spacial score (nSPS) is 14.5. The minimum absolute atomic E-state index is 0.368. The summed E-state index contributed by atoms with van der Waals surface area (Å²) in [5.41, 5.74) is 0. The van der Waals surface area contributed by atoms with Crippen LogP contribution in [0.2, 0.25) is 0 Å². The maximum Gasteiger partial charge on any atom is 0.389 e. The quantitative estimate of drug-likeness (QED) is 0.512. The Bertz CT molecular complexity index is 119. The van der Waals surface area contributed by atoms with Gasteiger partial charge < -0.3 is 0 Å². The molecular weight excluding hydrogens is 221 g/mol. The van der Waals surface area contributed by atoms with Crippen LogP contribution in [-0.2, 0) is 0 Å². The van der Waals surface area contributed by atoms with Crippen molar-refractivity contribution >= 4 is 15.9 Å². The van der Waals surface area contributed by atoms with Gasteiger partial charge in [0.05, 0.1) is 0 Å². The molecule has 0 spiro atoms. The fourth-order valence-electron chi connectivity index (χ4n) is 0.764. The topological polar surface area (TPSA) is 0 Å². The Morgan fingerprint density at radius 1 is 1.45 bits per heavy atom. The van der Waals surface area contributed by atoms with Crippen molar-refractivity contribution in [3.8, 4) is 0 Å². The van der Waals surface area contributed by atoms with E-state index in [4.69, 9.17) is 0 Å². The summed E-state index contributed by atoms with van der Waals surface area (Å²) in [6.45, 7) is 3.39. The van der Waals surface area contributed by atoms with E-state index in [1.807, 2.05) is 0 Å². The van der Waals surface area contributed by atoms with E-state index in [9.17, 15) is 13.2 Å². The number of rotatable bonds is 4. The first-order valence-corrected chi connectivity index (χ1v) is 4.35. The highest BCUT2D eigenvalue weighted by molar-refractivity contribution is 9.09. The van der Waals surface area contributed by atoms with Crippen LogP contribution in [0.15, 0.2) is 12.7 Å². The van der Waals surface area contributed by atoms with E-state index in [1.54, 1.807) is 0 Å². The van der Waals surface area contributed by atoms with Gasteiger partial charge in [0, 0.05) is 11.8 Å². The zero-order valence-corrected chi connectivity index (χ0v) is 7.58. The van der Waals surface area contributed by atoms with Crippen molar-refractivity contribution in [1.82, 2.24) is 0 Å². The van der Waals surface area contributed by atoms with Crippen molar-refractivity contribution < 1.29 is 13.2 Å². The summed E-state index contributed by atoms with van der Waals surface area (Å²) in [6, 6.07) is 0. The van der Waals surface area contributed by atoms with Gasteiger partial charge in [-0.15, -0.1) is 6.58 Å². The second-order valence-electron chi connectivity index (χ2n) is 2.36. The number of hydrogen-bond donors (Lipinski definition) is 0. The molecule has 0 aromatic rings. The maximum atomic E-state index is 11.8. The standard InChI is InChI=1S/C7H10BrF3/c1-2-3-6(5-8)4-7(9,10)11/h2,6H,1,3-5H2. The molecule has 0 aliphatic heterocycles. The number of halogens is 4. The SMILES string of the molecule is C=CCC(CBr)CC(F)(F)F. The number of hydrogen-bond acceptors (Lipinski definition) is 0. The molecule has 0 fully saturated rings. The van der Waals surface area contributed by atoms with Crippen LogP contribution in [0.4, 0.5) is 13.2 Å². The molecule has 0 saturated heterocycles. The fourth-order valence-corrected chi connectivity index (χ4v) is 1.26. The molecule has 1 atom stereocenters. The zero-order valence-electron chi connectivity index (χ0n) is 5.99. The Morgan fingerprint density at radius 2 is 2.00 bits per heavy atom. The average Bonchev–Trinajstić information content (AvgIpc) is 1.84. The van der Waals surface area contributed by atoms with Crippen LogP contribution in [0.5, 0.6) is 0 Å². The second kappa shape index (κ2) is 4.80. The first-order valence-electron chi connectivity index (χ1n) is 3.23. The van der Waals surface area contributed by atoms with Crippen LogP contribution in [0.3, 0.4) is 0 Å². The van der Waals surface area contributed by atoms with Crippen LogP contribution in [0.25, 0.3) is 0 Å². The molecular formula is C7H10BrF3. The lowest BCUT2D eigenvalue weighted by Gasteiger charge is -2.13. The molecule has 0 saturated carbocycles. The van der Waals surface area contributed by atoms with E-state index in [2.05, 4.69) is 22.5 Å². The van der Waals surface area contributed by atoms with Crippen molar-refractivity contribution in [3.05, 3.63) is 12.7 Å². The Labute approximate surface area is 72.6 Å². The largest absolute Gasteiger partial charge is 0.389 e. The molecule has 0 rings (SSSR count). The third kappa shape index (κ3) is 6.41. The molecule has 0 N–H and O–H groups in total. The Morgan fingerprint density at radius 3 is 2.27 bits per heavy atom. The third-order valence-electron chi connectivity index (χ3n) is 1.24. The molecule has 0 aliphatic carbocycles. The van der Waals surface area contributed by atoms with Gasteiger partial charge in [-0.2, -0.15) is 13.2 Å². The third-order valence-corrected chi connectivity index (χ3v) is 2.15. The van der Waals surface area contributed by atoms with Crippen molar-refractivity contribution in [2.24, 2.45) is 5.92 Å². The van der Waals surface area contributed by atoms with Gasteiger partial charge in [0.1, 0.15) is 0 Å². The Hall–Kier alpha value is 0.01000. The fraction of sp³-hybridized carbons (Fsp3) is 0.714. The van der Waals surface area contributed by atoms with Crippen LogP contribution in [0.1, 0.15) is 12.8 Å². The van der Waals surface area contributed by atoms with E-state index in [0.717, 1.165) is 0 Å². The molecule has 0 aliphatic rings. The van der Waals surface area contributed by atoms with Gasteiger partial charge >= 0.3 is 6.18 Å². The molecule has 0 bridgehead atoms. The molecule has 0 aromatic heterocycles. The van der Waals surface area contributed by atoms with E-state index < -0.39 is 12.6 Å². The van der Waals surface area contributed by atoms with Crippen molar-refractivity contribution in [3.63, 3.8) is 0 Å². The summed E-state index contributed by atoms with van der Waals surface area (Å²) in [7, 11) is 0. The summed E-state index contributed by atoms with van der Waals surface area (Å²) in [5, 5.41) is 0.374. The highest BCUT2D eigenvalue weighted by Crippen LogP contribution is 2.27. The van der Waals surface area contributed by atoms with Crippen LogP contribution in [-0.4, -0.2) is 11.5 Å². The molecule has 66 valence electrons. The predicted molar refractivity (Wildman–Crippen MR) is 42.8 cm³/mol. The summed E-state index contributed by atoms with van der Waals surface area (Å²) in [5.74, 6) is -0.368. The summed E-state index contributed by atoms with van der Waals surface area (Å²) < 4.78 is 35.3. The molecule has 1 unspecified atom stereocenters. The van der Waals surface area contributed by atoms with E-state index >= 15 is 0 Å². The zero-order chi connectivity index (χ0) is 8.91. The highest BCUT2D eigenvalue weighted by atomic mass is 79.9. The van der Waals surface area contributed by atoms with Crippen LogP contribution < -0.4 is 0 Å². The van der Waals surface area contributed by atoms with Crippen LogP contribution in [0, 0.1) is 5.92 Å². The van der Waals surface area contributed by atoms with Gasteiger partial charge in [0.25, 0.3) is 0 Å². The lowest BCUT2D eigenvalue weighted by atomic mass is 10.0. The minimum Gasteiger partial charge on any atom is -0.171 e. The van der Waals surface area contributed by atoms with Gasteiger partial charge in [-0.3, -0.25) is 0 Å². The molecule has 11 heavy (non-hydrogen) atoms. The molecule has 4 heteroatoms. The first kappa shape index (κ1) is 11.0. The summed E-state index contributed by atoms with van der Waals surface area (Å²) >= 11 is 3.02. The molecule has 0 nitrogen and oxygen atoms in total. The van der Waals surface area contributed by atoms with Crippen molar-refractivity contribution in [2.75, 3.05) is 5.33 Å². The number of alkyl halides is 4. The smallest absolute Gasteiger partial charge is 0.171 e. The van der Waals surface area contributed by atoms with Gasteiger partial charge in [-0.05, 0) is 12.3 Å². The number of allylic oxidation sites excluding steroid dienone is 1. The molecule has 0 heterocycles. The lowest BCUT2D eigenvalue weighted by Crippen LogP contribution is -2.15. The van der Waals surface area contributed by atoms with Gasteiger partial charge in [0.15, 0.2) is 0 Å². The molecule has 0 amide bonds. The summed E-state index contributed by atoms with van der Waals surface area (Å²) in [6.07, 6.45) is -2.87. The van der Waals surface area contributed by atoms with Gasteiger partial charge in [-0.25, -0.2) is 0 Å². The van der Waals surface area contributed by atoms with Crippen molar-refractivity contribution in [1.29, 1.82) is 0 Å². The maximum absolute atomic E-state index is 11.8. The van der Waals surface area contributed by atoms with E-state index in [-0.39, 0.29) is 5.92 Å². The monoisotopic (exact) mass is 230 g/mol. The Balaban J connectivity index is 3.77. The van der Waals surface area contributed by atoms with Gasteiger partial charge in [0.2, 0.25) is 0 Å². The summed E-state index contributed by atoms with van der Waals surface area (Å²) in [4.78, 5) is 0. The van der Waals surface area contributed by atoms with E-state index in [0.29, 0.717) is 11.8 Å². The second-order valence-corrected chi connectivity index (χ2v) is 3.01. The predicted octanol–water partition coefficient (Wildman–Crippen LogP) is 3.53. The molecule has 0 radical (unpaired) electrons. The molecule has 0 aromatic carbocycles. The minimum atomic E-state index is -4.05. The Kier molecular flexibility index (Phi) is 4.81. The van der Waals surface area contributed by atoms with E-state index in [1.165, 1.54) is 6.08 Å². The highest BCUT2D eigenvalue weighted by Gasteiger charge is 2.30. The van der Waals surface area contributed by atoms with Crippen molar-refractivity contribution in [2.45, 2.75) is 19.0 Å². The van der Waals surface area contributed by atoms with Crippen LogP contribution >= 0.6 is 15.9 Å². The lowest BCUT2D eigenvalue weighted by molar-refractivity contribution is -0.142. The average molecular weight is 231 g/mol. The first-order chi connectivity index (χ1) is 4.99. The van der Waals surface area contributed by atoms with Gasteiger partial charge in [-0.1, -0.05) is 22.0 Å².